The number of pyridine rings is 1. The maximum atomic E-state index is 12.6. The lowest BCUT2D eigenvalue weighted by Crippen LogP contribution is -2.30. The highest BCUT2D eigenvalue weighted by Crippen LogP contribution is 2.15. The standard InChI is InChI=1S/C24H31N3O7S/c1-4-6-20(7-5-2)33-24(30)34-22-13-10-19(16-26-22)23(29)27-35(31,32)21-11-8-18(9-12-21)14-15-25-17(3)28/h8-13,16,20H,4-7,14-15H2,1-3H3,(H,25,28)(H,27,29). The molecule has 0 radical (unpaired) electrons. The number of ether oxygens (including phenoxy) is 2. The van der Waals surface area contributed by atoms with Gasteiger partial charge in [0.15, 0.2) is 0 Å². The van der Waals surface area contributed by atoms with Gasteiger partial charge in [0.1, 0.15) is 6.10 Å². The van der Waals surface area contributed by atoms with E-state index < -0.39 is 22.1 Å². The van der Waals surface area contributed by atoms with Crippen LogP contribution in [-0.2, 0) is 26.0 Å². The predicted molar refractivity (Wildman–Crippen MR) is 128 cm³/mol. The first-order valence-corrected chi connectivity index (χ1v) is 12.9. The second-order valence-corrected chi connectivity index (χ2v) is 9.55. The Morgan fingerprint density at radius 2 is 1.66 bits per heavy atom. The van der Waals surface area contributed by atoms with E-state index in [1.807, 2.05) is 18.6 Å². The number of amides is 2. The summed E-state index contributed by atoms with van der Waals surface area (Å²) in [6.07, 6.45) is 3.71. The highest BCUT2D eigenvalue weighted by atomic mass is 32.2. The fourth-order valence-electron chi connectivity index (χ4n) is 3.18. The number of carbonyl (C=O) groups is 3. The Kier molecular flexibility index (Phi) is 10.7. The largest absolute Gasteiger partial charge is 0.515 e. The van der Waals surface area contributed by atoms with E-state index in [1.165, 1.54) is 31.2 Å². The zero-order valence-electron chi connectivity index (χ0n) is 20.1. The van der Waals surface area contributed by atoms with Crippen molar-refractivity contribution < 1.29 is 32.3 Å². The molecule has 1 aromatic heterocycles. The van der Waals surface area contributed by atoms with Crippen LogP contribution >= 0.6 is 0 Å². The Morgan fingerprint density at radius 1 is 1.00 bits per heavy atom. The van der Waals surface area contributed by atoms with Crippen LogP contribution in [0.15, 0.2) is 47.5 Å². The van der Waals surface area contributed by atoms with Crippen molar-refractivity contribution >= 4 is 28.0 Å². The zero-order valence-corrected chi connectivity index (χ0v) is 20.9. The van der Waals surface area contributed by atoms with Gasteiger partial charge in [-0.25, -0.2) is 22.9 Å². The molecule has 10 nitrogen and oxygen atoms in total. The van der Waals surface area contributed by atoms with Crippen LogP contribution in [-0.4, -0.2) is 44.0 Å². The molecule has 2 amide bonds. The fourth-order valence-corrected chi connectivity index (χ4v) is 4.16. The molecule has 1 heterocycles. The molecule has 0 aliphatic heterocycles. The SMILES string of the molecule is CCCC(CCC)OC(=O)Oc1ccc(C(=O)NS(=O)(=O)c2ccc(CCNC(C)=O)cc2)cn1. The van der Waals surface area contributed by atoms with Crippen LogP contribution in [0.5, 0.6) is 5.88 Å². The van der Waals surface area contributed by atoms with Gasteiger partial charge in [-0.05, 0) is 43.0 Å². The second-order valence-electron chi connectivity index (χ2n) is 7.87. The first kappa shape index (κ1) is 27.8. The second kappa shape index (κ2) is 13.4. The smallest absolute Gasteiger partial charge is 0.431 e. The summed E-state index contributed by atoms with van der Waals surface area (Å²) in [6, 6.07) is 8.55. The van der Waals surface area contributed by atoms with E-state index in [0.717, 1.165) is 37.4 Å². The third-order valence-electron chi connectivity index (χ3n) is 4.92. The van der Waals surface area contributed by atoms with Crippen molar-refractivity contribution in [2.24, 2.45) is 0 Å². The van der Waals surface area contributed by atoms with Crippen molar-refractivity contribution in [3.63, 3.8) is 0 Å². The number of benzene rings is 1. The lowest BCUT2D eigenvalue weighted by Gasteiger charge is -2.15. The number of hydrogen-bond donors (Lipinski definition) is 2. The van der Waals surface area contributed by atoms with Crippen LogP contribution < -0.4 is 14.8 Å². The van der Waals surface area contributed by atoms with Gasteiger partial charge in [0.25, 0.3) is 15.9 Å². The van der Waals surface area contributed by atoms with Gasteiger partial charge in [-0.2, -0.15) is 0 Å². The van der Waals surface area contributed by atoms with E-state index in [-0.39, 0.29) is 28.4 Å². The summed E-state index contributed by atoms with van der Waals surface area (Å²) in [6.45, 7) is 5.84. The molecule has 0 bridgehead atoms. The van der Waals surface area contributed by atoms with E-state index >= 15 is 0 Å². The summed E-state index contributed by atoms with van der Waals surface area (Å²) in [5.74, 6) is -1.10. The summed E-state index contributed by atoms with van der Waals surface area (Å²) in [5, 5.41) is 2.66. The van der Waals surface area contributed by atoms with E-state index in [4.69, 9.17) is 9.47 Å². The minimum atomic E-state index is -4.11. The number of sulfonamides is 1. The van der Waals surface area contributed by atoms with Crippen LogP contribution in [0.25, 0.3) is 0 Å². The van der Waals surface area contributed by atoms with Gasteiger partial charge in [-0.3, -0.25) is 9.59 Å². The van der Waals surface area contributed by atoms with Gasteiger partial charge in [-0.1, -0.05) is 38.8 Å². The fraction of sp³-hybridized carbons (Fsp3) is 0.417. The number of carbonyl (C=O) groups excluding carboxylic acids is 3. The van der Waals surface area contributed by atoms with Gasteiger partial charge in [0.05, 0.1) is 10.5 Å². The van der Waals surface area contributed by atoms with Gasteiger partial charge < -0.3 is 14.8 Å². The van der Waals surface area contributed by atoms with Crippen molar-refractivity contribution in [1.29, 1.82) is 0 Å². The lowest BCUT2D eigenvalue weighted by atomic mass is 10.1. The molecule has 11 heteroatoms. The van der Waals surface area contributed by atoms with E-state index in [9.17, 15) is 22.8 Å². The molecule has 0 unspecified atom stereocenters. The Hall–Kier alpha value is -3.47. The molecule has 2 N–H and O–H groups in total. The first-order chi connectivity index (χ1) is 16.6. The third kappa shape index (κ3) is 9.36. The van der Waals surface area contributed by atoms with Crippen LogP contribution in [0.2, 0.25) is 0 Å². The van der Waals surface area contributed by atoms with Crippen molar-refractivity contribution in [3.8, 4) is 5.88 Å². The highest BCUT2D eigenvalue weighted by Gasteiger charge is 2.20. The molecule has 190 valence electrons. The zero-order chi connectivity index (χ0) is 25.8. The monoisotopic (exact) mass is 505 g/mol. The average Bonchev–Trinajstić information content (AvgIpc) is 2.79. The number of rotatable bonds is 12. The molecule has 0 fully saturated rings. The summed E-state index contributed by atoms with van der Waals surface area (Å²) in [5.41, 5.74) is 0.800. The minimum absolute atomic E-state index is 0.0314. The lowest BCUT2D eigenvalue weighted by molar-refractivity contribution is -0.118. The number of aromatic nitrogens is 1. The molecule has 0 atom stereocenters. The molecular formula is C24H31N3O7S. The Balaban J connectivity index is 1.95. The Morgan fingerprint density at radius 3 is 2.20 bits per heavy atom. The topological polar surface area (TPSA) is 141 Å². The van der Waals surface area contributed by atoms with E-state index in [0.29, 0.717) is 13.0 Å². The summed E-state index contributed by atoms with van der Waals surface area (Å²) < 4.78 is 37.4. The van der Waals surface area contributed by atoms with Crippen LogP contribution in [0.3, 0.4) is 0 Å². The van der Waals surface area contributed by atoms with E-state index in [2.05, 4.69) is 10.3 Å². The average molecular weight is 506 g/mol. The Labute approximate surface area is 205 Å². The molecule has 0 aliphatic rings. The quantitative estimate of drug-likeness (QED) is 0.418. The molecule has 2 aromatic rings. The maximum Gasteiger partial charge on any atom is 0.515 e. The predicted octanol–water partition coefficient (Wildman–Crippen LogP) is 3.36. The molecule has 0 spiro atoms. The van der Waals surface area contributed by atoms with Crippen LogP contribution in [0, 0.1) is 0 Å². The van der Waals surface area contributed by atoms with Gasteiger partial charge >= 0.3 is 6.16 Å². The molecule has 0 aliphatic carbocycles. The molecule has 0 saturated heterocycles. The van der Waals surface area contributed by atoms with Gasteiger partial charge in [-0.15, -0.1) is 0 Å². The van der Waals surface area contributed by atoms with Crippen molar-refractivity contribution in [2.45, 2.75) is 63.9 Å². The normalized spacial score (nSPS) is 11.1. The van der Waals surface area contributed by atoms with Gasteiger partial charge in [0, 0.05) is 25.7 Å². The first-order valence-electron chi connectivity index (χ1n) is 11.4. The summed E-state index contributed by atoms with van der Waals surface area (Å²) >= 11 is 0. The minimum Gasteiger partial charge on any atom is -0.431 e. The van der Waals surface area contributed by atoms with Crippen LogP contribution in [0.1, 0.15) is 62.4 Å². The summed E-state index contributed by atoms with van der Waals surface area (Å²) in [7, 11) is -4.11. The molecule has 0 saturated carbocycles. The van der Waals surface area contributed by atoms with Crippen molar-refractivity contribution in [2.75, 3.05) is 6.54 Å². The number of nitrogens with one attached hydrogen (secondary N) is 2. The molecule has 2 rings (SSSR count). The number of hydrogen-bond acceptors (Lipinski definition) is 8. The molecular weight excluding hydrogens is 474 g/mol. The molecule has 35 heavy (non-hydrogen) atoms. The Bertz CT molecular complexity index is 1090. The third-order valence-corrected chi connectivity index (χ3v) is 6.27. The van der Waals surface area contributed by atoms with Gasteiger partial charge in [0.2, 0.25) is 11.8 Å². The molecule has 1 aromatic carbocycles. The number of nitrogens with zero attached hydrogens (tertiary/aromatic N) is 1. The van der Waals surface area contributed by atoms with Crippen molar-refractivity contribution in [3.05, 3.63) is 53.7 Å². The highest BCUT2D eigenvalue weighted by molar-refractivity contribution is 7.90. The maximum absolute atomic E-state index is 12.6. The summed E-state index contributed by atoms with van der Waals surface area (Å²) in [4.78, 5) is 39.1. The van der Waals surface area contributed by atoms with Crippen molar-refractivity contribution in [1.82, 2.24) is 15.0 Å². The van der Waals surface area contributed by atoms with Crippen LogP contribution in [0.4, 0.5) is 4.79 Å². The van der Waals surface area contributed by atoms with E-state index in [1.54, 1.807) is 12.1 Å².